The lowest BCUT2D eigenvalue weighted by Crippen LogP contribution is -2.48. The van der Waals surface area contributed by atoms with Crippen LogP contribution in [-0.4, -0.2) is 48.7 Å². The number of ether oxygens (including phenoxy) is 2. The van der Waals surface area contributed by atoms with E-state index in [4.69, 9.17) is 21.1 Å². The smallest absolute Gasteiger partial charge is 0.254 e. The van der Waals surface area contributed by atoms with E-state index in [1.807, 2.05) is 17.0 Å². The summed E-state index contributed by atoms with van der Waals surface area (Å²) in [6, 6.07) is 13.6. The number of nitrogens with zero attached hydrogens (tertiary/aromatic N) is 2. The van der Waals surface area contributed by atoms with Crippen molar-refractivity contribution in [3.8, 4) is 11.5 Å². The Labute approximate surface area is 172 Å². The van der Waals surface area contributed by atoms with Crippen molar-refractivity contribution in [2.75, 3.05) is 33.0 Å². The minimum Gasteiger partial charge on any atom is -0.454 e. The second-order valence-electron chi connectivity index (χ2n) is 6.97. The molecule has 2 aliphatic heterocycles. The highest BCUT2D eigenvalue weighted by molar-refractivity contribution is 7.19. The summed E-state index contributed by atoms with van der Waals surface area (Å²) in [6.45, 7) is 4.11. The largest absolute Gasteiger partial charge is 0.454 e. The fourth-order valence-electron chi connectivity index (χ4n) is 3.69. The van der Waals surface area contributed by atoms with Gasteiger partial charge in [0.15, 0.2) is 11.5 Å². The summed E-state index contributed by atoms with van der Waals surface area (Å²) in [5.74, 6) is 1.38. The molecule has 3 heterocycles. The molecule has 7 heteroatoms. The minimum atomic E-state index is 0.0397. The molecule has 1 amide bonds. The van der Waals surface area contributed by atoms with Crippen molar-refractivity contribution < 1.29 is 14.3 Å². The maximum atomic E-state index is 12.8. The van der Waals surface area contributed by atoms with Gasteiger partial charge in [-0.2, -0.15) is 0 Å². The van der Waals surface area contributed by atoms with E-state index in [0.717, 1.165) is 30.0 Å². The van der Waals surface area contributed by atoms with E-state index in [1.54, 1.807) is 29.5 Å². The SMILES string of the molecule is O=C(c1ccc2c(c1)OCO2)N1CCN(Cc2sc3ccccc3c2Cl)CC1. The molecule has 0 unspecified atom stereocenters. The van der Waals surface area contributed by atoms with Crippen molar-refractivity contribution in [3.05, 3.63) is 57.9 Å². The molecule has 0 spiro atoms. The number of carbonyl (C=O) groups is 1. The van der Waals surface area contributed by atoms with Gasteiger partial charge in [0.2, 0.25) is 6.79 Å². The zero-order valence-corrected chi connectivity index (χ0v) is 16.8. The number of rotatable bonds is 3. The van der Waals surface area contributed by atoms with E-state index in [0.29, 0.717) is 30.2 Å². The van der Waals surface area contributed by atoms with Gasteiger partial charge in [0, 0.05) is 53.3 Å². The van der Waals surface area contributed by atoms with Crippen LogP contribution in [0.5, 0.6) is 11.5 Å². The zero-order chi connectivity index (χ0) is 19.1. The number of hydrogen-bond acceptors (Lipinski definition) is 5. The standard InChI is InChI=1S/C21H19ClN2O3S/c22-20-15-3-1-2-4-18(15)28-19(20)12-23-7-9-24(10-8-23)21(25)14-5-6-16-17(11-14)27-13-26-16/h1-6,11H,7-10,12-13H2. The summed E-state index contributed by atoms with van der Waals surface area (Å²) >= 11 is 8.33. The second kappa shape index (κ2) is 7.28. The molecule has 0 N–H and O–H groups in total. The Balaban J connectivity index is 1.23. The first kappa shape index (κ1) is 17.8. The maximum absolute atomic E-state index is 12.8. The van der Waals surface area contributed by atoms with Crippen LogP contribution in [0, 0.1) is 0 Å². The Morgan fingerprint density at radius 3 is 2.64 bits per heavy atom. The molecule has 28 heavy (non-hydrogen) atoms. The van der Waals surface area contributed by atoms with Crippen LogP contribution in [0.1, 0.15) is 15.2 Å². The van der Waals surface area contributed by atoms with E-state index in [2.05, 4.69) is 17.0 Å². The Hall–Kier alpha value is -2.28. The molecule has 0 radical (unpaired) electrons. The van der Waals surface area contributed by atoms with Gasteiger partial charge in [-0.15, -0.1) is 11.3 Å². The van der Waals surface area contributed by atoms with Gasteiger partial charge in [-0.05, 0) is 24.3 Å². The Bertz CT molecular complexity index is 1040. The number of carbonyl (C=O) groups excluding carboxylic acids is 1. The molecule has 1 aromatic heterocycles. The molecular formula is C21H19ClN2O3S. The van der Waals surface area contributed by atoms with Crippen molar-refractivity contribution in [2.45, 2.75) is 6.54 Å². The molecule has 5 rings (SSSR count). The average Bonchev–Trinajstić information content (AvgIpc) is 3.32. The predicted octanol–water partition coefficient (Wildman–Crippen LogP) is 4.24. The average molecular weight is 415 g/mol. The molecular weight excluding hydrogens is 396 g/mol. The van der Waals surface area contributed by atoms with Gasteiger partial charge in [0.25, 0.3) is 5.91 Å². The number of benzene rings is 2. The summed E-state index contributed by atoms with van der Waals surface area (Å²) in [7, 11) is 0. The van der Waals surface area contributed by atoms with Gasteiger partial charge in [-0.25, -0.2) is 0 Å². The Morgan fingerprint density at radius 2 is 1.82 bits per heavy atom. The quantitative estimate of drug-likeness (QED) is 0.642. The molecule has 2 aromatic carbocycles. The van der Waals surface area contributed by atoms with E-state index in [1.165, 1.54) is 9.58 Å². The van der Waals surface area contributed by atoms with E-state index in [9.17, 15) is 4.79 Å². The highest BCUT2D eigenvalue weighted by atomic mass is 35.5. The second-order valence-corrected chi connectivity index (χ2v) is 8.49. The van der Waals surface area contributed by atoms with Gasteiger partial charge in [-0.1, -0.05) is 29.8 Å². The summed E-state index contributed by atoms with van der Waals surface area (Å²) < 4.78 is 11.9. The number of halogens is 1. The molecule has 0 bridgehead atoms. The summed E-state index contributed by atoms with van der Waals surface area (Å²) in [4.78, 5) is 18.3. The molecule has 1 fully saturated rings. The molecule has 1 saturated heterocycles. The zero-order valence-electron chi connectivity index (χ0n) is 15.2. The van der Waals surface area contributed by atoms with Crippen molar-refractivity contribution in [3.63, 3.8) is 0 Å². The van der Waals surface area contributed by atoms with Crippen molar-refractivity contribution in [1.29, 1.82) is 0 Å². The fourth-order valence-corrected chi connectivity index (χ4v) is 5.23. The van der Waals surface area contributed by atoms with Crippen LogP contribution in [0.4, 0.5) is 0 Å². The summed E-state index contributed by atoms with van der Waals surface area (Å²) in [6.07, 6.45) is 0. The van der Waals surface area contributed by atoms with Crippen LogP contribution < -0.4 is 9.47 Å². The number of fused-ring (bicyclic) bond motifs is 2. The lowest BCUT2D eigenvalue weighted by Gasteiger charge is -2.34. The van der Waals surface area contributed by atoms with Gasteiger partial charge in [-0.3, -0.25) is 9.69 Å². The first-order valence-corrected chi connectivity index (χ1v) is 10.5. The Morgan fingerprint density at radius 1 is 1.04 bits per heavy atom. The normalized spacial score (nSPS) is 16.7. The van der Waals surface area contributed by atoms with Gasteiger partial charge >= 0.3 is 0 Å². The van der Waals surface area contributed by atoms with Gasteiger partial charge in [0.1, 0.15) is 0 Å². The van der Waals surface area contributed by atoms with Crippen LogP contribution in [0.2, 0.25) is 5.02 Å². The molecule has 2 aliphatic rings. The fraction of sp³-hybridized carbons (Fsp3) is 0.286. The van der Waals surface area contributed by atoms with Crippen LogP contribution in [0.3, 0.4) is 0 Å². The van der Waals surface area contributed by atoms with Gasteiger partial charge < -0.3 is 14.4 Å². The lowest BCUT2D eigenvalue weighted by atomic mass is 10.1. The summed E-state index contributed by atoms with van der Waals surface area (Å²) in [5, 5.41) is 1.99. The minimum absolute atomic E-state index is 0.0397. The van der Waals surface area contributed by atoms with Crippen molar-refractivity contribution in [1.82, 2.24) is 9.80 Å². The highest BCUT2D eigenvalue weighted by Crippen LogP contribution is 2.36. The highest BCUT2D eigenvalue weighted by Gasteiger charge is 2.25. The first-order valence-electron chi connectivity index (χ1n) is 9.26. The predicted molar refractivity (Wildman–Crippen MR) is 111 cm³/mol. The molecule has 0 saturated carbocycles. The van der Waals surface area contributed by atoms with Crippen LogP contribution >= 0.6 is 22.9 Å². The lowest BCUT2D eigenvalue weighted by molar-refractivity contribution is 0.0629. The first-order chi connectivity index (χ1) is 13.7. The van der Waals surface area contributed by atoms with E-state index in [-0.39, 0.29) is 12.7 Å². The number of amides is 1. The third-order valence-electron chi connectivity index (χ3n) is 5.25. The topological polar surface area (TPSA) is 42.0 Å². The number of hydrogen-bond donors (Lipinski definition) is 0. The van der Waals surface area contributed by atoms with Crippen molar-refractivity contribution >= 4 is 38.9 Å². The molecule has 5 nitrogen and oxygen atoms in total. The third-order valence-corrected chi connectivity index (χ3v) is 6.95. The number of piperazine rings is 1. The van der Waals surface area contributed by atoms with E-state index >= 15 is 0 Å². The third kappa shape index (κ3) is 3.21. The maximum Gasteiger partial charge on any atom is 0.254 e. The molecule has 0 atom stereocenters. The number of thiophene rings is 1. The van der Waals surface area contributed by atoms with E-state index < -0.39 is 0 Å². The van der Waals surface area contributed by atoms with Gasteiger partial charge in [0.05, 0.1) is 5.02 Å². The monoisotopic (exact) mass is 414 g/mol. The molecule has 3 aromatic rings. The van der Waals surface area contributed by atoms with Crippen LogP contribution in [0.25, 0.3) is 10.1 Å². The molecule has 0 aliphatic carbocycles. The molecule has 144 valence electrons. The Kier molecular flexibility index (Phi) is 4.62. The summed E-state index contributed by atoms with van der Waals surface area (Å²) in [5.41, 5.74) is 0.644. The van der Waals surface area contributed by atoms with Crippen molar-refractivity contribution in [2.24, 2.45) is 0 Å². The van der Waals surface area contributed by atoms with Crippen LogP contribution in [0.15, 0.2) is 42.5 Å². The van der Waals surface area contributed by atoms with Crippen LogP contribution in [-0.2, 0) is 6.54 Å².